The van der Waals surface area contributed by atoms with Crippen LogP contribution in [0.15, 0.2) is 54.6 Å². The molecule has 0 radical (unpaired) electrons. The van der Waals surface area contributed by atoms with E-state index in [9.17, 15) is 19.1 Å². The van der Waals surface area contributed by atoms with Crippen LogP contribution in [0.3, 0.4) is 0 Å². The van der Waals surface area contributed by atoms with Gasteiger partial charge in [-0.1, -0.05) is 36.4 Å². The standard InChI is InChI=1S/C32H33FN4O5/c1-19-24-10-9-22(16-26(24)35-36(19)2)20-5-7-21(8-6-20)30(39)32(40)34-27(18-37-11-3-4-12-37)29(38)23-15-25(33)31-28(17-23)41-13-14-42-31/h5-10,15-17,27,29,38H,3-4,11-14,18H2,1-2H3,(H,34,40). The second kappa shape index (κ2) is 11.5. The molecule has 42 heavy (non-hydrogen) atoms. The summed E-state index contributed by atoms with van der Waals surface area (Å²) in [5, 5.41) is 19.7. The second-order valence-corrected chi connectivity index (χ2v) is 10.9. The molecule has 0 bridgehead atoms. The molecule has 3 aromatic carbocycles. The molecule has 9 nitrogen and oxygen atoms in total. The molecule has 4 aromatic rings. The second-order valence-electron chi connectivity index (χ2n) is 10.9. The Morgan fingerprint density at radius 1 is 1.02 bits per heavy atom. The maximum absolute atomic E-state index is 14.8. The number of carbonyl (C=O) groups excluding carboxylic acids is 2. The first-order valence-corrected chi connectivity index (χ1v) is 14.2. The third-order valence-corrected chi connectivity index (χ3v) is 8.13. The molecule has 0 aliphatic carbocycles. The minimum absolute atomic E-state index is 0.00557. The molecule has 0 saturated carbocycles. The fourth-order valence-electron chi connectivity index (χ4n) is 5.69. The van der Waals surface area contributed by atoms with Crippen molar-refractivity contribution in [1.29, 1.82) is 0 Å². The Morgan fingerprint density at radius 2 is 1.74 bits per heavy atom. The number of hydrogen-bond acceptors (Lipinski definition) is 7. The van der Waals surface area contributed by atoms with E-state index in [2.05, 4.69) is 15.3 Å². The maximum atomic E-state index is 14.8. The SMILES string of the molecule is Cc1c2ccc(-c3ccc(C(=O)C(=O)NC(CN4CCCC4)C(O)c4cc(F)c5c(c4)OCCO5)cc3)cc2nn1C. The number of fused-ring (bicyclic) bond motifs is 2. The Labute approximate surface area is 242 Å². The molecular weight excluding hydrogens is 539 g/mol. The van der Waals surface area contributed by atoms with Gasteiger partial charge in [-0.2, -0.15) is 5.10 Å². The number of aryl methyl sites for hydroxylation is 2. The minimum Gasteiger partial charge on any atom is -0.486 e. The largest absolute Gasteiger partial charge is 0.486 e. The van der Waals surface area contributed by atoms with Crippen LogP contribution in [0, 0.1) is 12.7 Å². The fourth-order valence-corrected chi connectivity index (χ4v) is 5.69. The van der Waals surface area contributed by atoms with E-state index in [4.69, 9.17) is 9.47 Å². The van der Waals surface area contributed by atoms with Crippen molar-refractivity contribution < 1.29 is 28.6 Å². The van der Waals surface area contributed by atoms with Crippen LogP contribution >= 0.6 is 0 Å². The average Bonchev–Trinajstić information content (AvgIpc) is 3.62. The van der Waals surface area contributed by atoms with E-state index in [1.54, 1.807) is 24.3 Å². The molecule has 2 unspecified atom stereocenters. The molecule has 2 atom stereocenters. The average molecular weight is 573 g/mol. The number of amides is 1. The fraction of sp³-hybridized carbons (Fsp3) is 0.344. The van der Waals surface area contributed by atoms with Gasteiger partial charge in [-0.3, -0.25) is 14.3 Å². The number of benzene rings is 3. The molecule has 1 saturated heterocycles. The third-order valence-electron chi connectivity index (χ3n) is 8.13. The molecule has 1 fully saturated rings. The van der Waals surface area contributed by atoms with Crippen LogP contribution < -0.4 is 14.8 Å². The zero-order chi connectivity index (χ0) is 29.4. The normalized spacial score (nSPS) is 16.4. The molecular formula is C32H33FN4O5. The lowest BCUT2D eigenvalue weighted by atomic mass is 9.99. The van der Waals surface area contributed by atoms with Crippen molar-refractivity contribution in [2.24, 2.45) is 7.05 Å². The Morgan fingerprint density at radius 3 is 2.50 bits per heavy atom. The van der Waals surface area contributed by atoms with Crippen LogP contribution in [0.4, 0.5) is 4.39 Å². The van der Waals surface area contributed by atoms with Crippen molar-refractivity contribution in [3.05, 3.63) is 77.2 Å². The number of aliphatic hydroxyl groups is 1. The Kier molecular flexibility index (Phi) is 7.66. The van der Waals surface area contributed by atoms with E-state index in [1.165, 1.54) is 12.1 Å². The van der Waals surface area contributed by atoms with Gasteiger partial charge in [0.05, 0.1) is 11.6 Å². The molecule has 218 valence electrons. The summed E-state index contributed by atoms with van der Waals surface area (Å²) in [5.41, 5.74) is 4.26. The predicted octanol–water partition coefficient (Wildman–Crippen LogP) is 3.96. The highest BCUT2D eigenvalue weighted by Gasteiger charge is 2.31. The number of rotatable bonds is 8. The minimum atomic E-state index is -1.28. The molecule has 6 rings (SSSR count). The van der Waals surface area contributed by atoms with Gasteiger partial charge in [0.2, 0.25) is 5.78 Å². The lowest BCUT2D eigenvalue weighted by Crippen LogP contribution is -2.48. The first kappa shape index (κ1) is 27.9. The topological polar surface area (TPSA) is 106 Å². The molecule has 0 spiro atoms. The molecule has 2 N–H and O–H groups in total. The van der Waals surface area contributed by atoms with Gasteiger partial charge >= 0.3 is 0 Å². The van der Waals surface area contributed by atoms with Gasteiger partial charge in [-0.15, -0.1) is 0 Å². The summed E-state index contributed by atoms with van der Waals surface area (Å²) < 4.78 is 27.5. The number of nitrogens with one attached hydrogen (secondary N) is 1. The van der Waals surface area contributed by atoms with Gasteiger partial charge in [-0.25, -0.2) is 4.39 Å². The van der Waals surface area contributed by atoms with Crippen molar-refractivity contribution in [3.8, 4) is 22.6 Å². The summed E-state index contributed by atoms with van der Waals surface area (Å²) in [6, 6.07) is 14.7. The number of Topliss-reactive ketones (excluding diaryl/α,β-unsaturated/α-hetero) is 1. The summed E-state index contributed by atoms with van der Waals surface area (Å²) in [6.07, 6.45) is 0.737. The number of carbonyl (C=O) groups is 2. The van der Waals surface area contributed by atoms with Crippen molar-refractivity contribution in [2.75, 3.05) is 32.8 Å². The third kappa shape index (κ3) is 5.47. The smallest absolute Gasteiger partial charge is 0.292 e. The summed E-state index contributed by atoms with van der Waals surface area (Å²) in [6.45, 7) is 4.46. The van der Waals surface area contributed by atoms with Gasteiger partial charge < -0.3 is 24.8 Å². The van der Waals surface area contributed by atoms with E-state index in [1.807, 2.05) is 36.9 Å². The van der Waals surface area contributed by atoms with Gasteiger partial charge in [-0.05, 0) is 67.7 Å². The van der Waals surface area contributed by atoms with E-state index in [0.717, 1.165) is 53.7 Å². The van der Waals surface area contributed by atoms with Crippen molar-refractivity contribution in [2.45, 2.75) is 31.9 Å². The van der Waals surface area contributed by atoms with E-state index in [0.29, 0.717) is 6.54 Å². The number of aliphatic hydroxyl groups excluding tert-OH is 1. The molecule has 2 aliphatic heterocycles. The lowest BCUT2D eigenvalue weighted by Gasteiger charge is -2.29. The number of halogens is 1. The number of nitrogens with zero attached hydrogens (tertiary/aromatic N) is 3. The monoisotopic (exact) mass is 572 g/mol. The molecule has 3 heterocycles. The highest BCUT2D eigenvalue weighted by molar-refractivity contribution is 6.42. The predicted molar refractivity (Wildman–Crippen MR) is 155 cm³/mol. The van der Waals surface area contributed by atoms with E-state index >= 15 is 0 Å². The zero-order valence-corrected chi connectivity index (χ0v) is 23.6. The Hall–Kier alpha value is -4.28. The first-order chi connectivity index (χ1) is 20.3. The van der Waals surface area contributed by atoms with Crippen molar-refractivity contribution >= 4 is 22.6 Å². The quantitative estimate of drug-likeness (QED) is 0.243. The molecule has 2 aliphatic rings. The lowest BCUT2D eigenvalue weighted by molar-refractivity contribution is -0.118. The molecule has 10 heteroatoms. The zero-order valence-electron chi connectivity index (χ0n) is 23.6. The number of hydrogen-bond donors (Lipinski definition) is 2. The van der Waals surface area contributed by atoms with Crippen LogP contribution in [0.2, 0.25) is 0 Å². The summed E-state index contributed by atoms with van der Waals surface area (Å²) >= 11 is 0. The summed E-state index contributed by atoms with van der Waals surface area (Å²) in [4.78, 5) is 28.5. The maximum Gasteiger partial charge on any atom is 0.292 e. The van der Waals surface area contributed by atoms with Crippen LogP contribution in [0.25, 0.3) is 22.0 Å². The highest BCUT2D eigenvalue weighted by Crippen LogP contribution is 2.36. The van der Waals surface area contributed by atoms with Crippen molar-refractivity contribution in [3.63, 3.8) is 0 Å². The highest BCUT2D eigenvalue weighted by atomic mass is 19.1. The van der Waals surface area contributed by atoms with Crippen LogP contribution in [0.5, 0.6) is 11.5 Å². The Balaban J connectivity index is 1.19. The van der Waals surface area contributed by atoms with Crippen LogP contribution in [-0.4, -0.2) is 70.4 Å². The van der Waals surface area contributed by atoms with Gasteiger partial charge in [0.1, 0.15) is 19.3 Å². The summed E-state index contributed by atoms with van der Waals surface area (Å²) in [7, 11) is 1.91. The Bertz CT molecular complexity index is 1650. The summed E-state index contributed by atoms with van der Waals surface area (Å²) in [5.74, 6) is -2.00. The molecule has 1 amide bonds. The van der Waals surface area contributed by atoms with Gasteiger partial charge in [0, 0.05) is 30.2 Å². The first-order valence-electron chi connectivity index (χ1n) is 14.2. The van der Waals surface area contributed by atoms with Gasteiger partial charge in [0.15, 0.2) is 17.3 Å². The number of ketones is 1. The van der Waals surface area contributed by atoms with Crippen molar-refractivity contribution in [1.82, 2.24) is 20.0 Å². The van der Waals surface area contributed by atoms with Crippen LogP contribution in [0.1, 0.15) is 40.6 Å². The van der Waals surface area contributed by atoms with Gasteiger partial charge in [0.25, 0.3) is 5.91 Å². The number of aromatic nitrogens is 2. The van der Waals surface area contributed by atoms with Crippen LogP contribution in [-0.2, 0) is 11.8 Å². The van der Waals surface area contributed by atoms with E-state index < -0.39 is 29.7 Å². The number of likely N-dealkylation sites (tertiary alicyclic amines) is 1. The number of ether oxygens (including phenoxy) is 2. The van der Waals surface area contributed by atoms with E-state index in [-0.39, 0.29) is 35.8 Å². The molecule has 1 aromatic heterocycles.